The molecule has 1 aliphatic rings. The maximum atomic E-state index is 12.2. The number of thioether (sulfide) groups is 1. The zero-order valence-electron chi connectivity index (χ0n) is 15.6. The summed E-state index contributed by atoms with van der Waals surface area (Å²) in [5, 5.41) is 3.49. The van der Waals surface area contributed by atoms with Crippen LogP contribution < -0.4 is 10.2 Å². The molecule has 1 fully saturated rings. The fourth-order valence-corrected chi connectivity index (χ4v) is 4.02. The molecule has 2 heterocycles. The minimum absolute atomic E-state index is 0.0361. The van der Waals surface area contributed by atoms with Gasteiger partial charge in [-0.1, -0.05) is 54.2 Å². The molecule has 7 heteroatoms. The van der Waals surface area contributed by atoms with Gasteiger partial charge in [-0.3, -0.25) is 4.79 Å². The Kier molecular flexibility index (Phi) is 6.26. The molecule has 1 amide bonds. The number of nitrogens with one attached hydrogen (secondary N) is 2. The molecule has 2 atom stereocenters. The molecule has 0 aliphatic carbocycles. The van der Waals surface area contributed by atoms with Gasteiger partial charge in [0.1, 0.15) is 31.3 Å². The van der Waals surface area contributed by atoms with Crippen LogP contribution in [0.25, 0.3) is 11.1 Å². The summed E-state index contributed by atoms with van der Waals surface area (Å²) in [7, 11) is 0. The zero-order chi connectivity index (χ0) is 19.2. The first kappa shape index (κ1) is 19.0. The molecule has 1 aliphatic heterocycles. The van der Waals surface area contributed by atoms with Gasteiger partial charge >= 0.3 is 0 Å². The van der Waals surface area contributed by atoms with Gasteiger partial charge in [0, 0.05) is 12.1 Å². The van der Waals surface area contributed by atoms with E-state index in [9.17, 15) is 4.79 Å². The monoisotopic (exact) mass is 398 g/mol. The smallest absolute Gasteiger partial charge is 0.257 e. The molecule has 0 saturated carbocycles. The van der Waals surface area contributed by atoms with Gasteiger partial charge in [-0.15, -0.1) is 0 Å². The Balaban J connectivity index is 1.20. The summed E-state index contributed by atoms with van der Waals surface area (Å²) in [4.78, 5) is 18.0. The van der Waals surface area contributed by atoms with Crippen LogP contribution in [0.15, 0.2) is 64.2 Å². The quantitative estimate of drug-likeness (QED) is 0.591. The van der Waals surface area contributed by atoms with E-state index >= 15 is 0 Å². The number of quaternary nitrogens is 1. The topological polar surface area (TPSA) is 68.8 Å². The molecular weight excluding hydrogens is 374 g/mol. The highest BCUT2D eigenvalue weighted by Gasteiger charge is 2.24. The number of oxazole rings is 1. The van der Waals surface area contributed by atoms with Crippen molar-refractivity contribution in [3.05, 3.63) is 60.2 Å². The summed E-state index contributed by atoms with van der Waals surface area (Å²) in [6.07, 6.45) is 0.0470. The largest absolute Gasteiger partial charge is 0.431 e. The number of hydrogen-bond acceptors (Lipinski definition) is 5. The summed E-state index contributed by atoms with van der Waals surface area (Å²) in [5.74, 6) is 0.242. The average molecular weight is 399 g/mol. The number of rotatable bonds is 7. The lowest BCUT2D eigenvalue weighted by Gasteiger charge is -2.30. The molecule has 4 rings (SSSR count). The normalized spacial score (nSPS) is 19.6. The van der Waals surface area contributed by atoms with Crippen LogP contribution >= 0.6 is 11.8 Å². The molecule has 0 radical (unpaired) electrons. The van der Waals surface area contributed by atoms with Crippen molar-refractivity contribution in [3.8, 4) is 0 Å². The van der Waals surface area contributed by atoms with Crippen LogP contribution in [0.5, 0.6) is 0 Å². The van der Waals surface area contributed by atoms with E-state index in [1.807, 2.05) is 30.3 Å². The maximum Gasteiger partial charge on any atom is 0.257 e. The van der Waals surface area contributed by atoms with Crippen LogP contribution in [0.1, 0.15) is 5.56 Å². The predicted octanol–water partition coefficient (Wildman–Crippen LogP) is 1.52. The van der Waals surface area contributed by atoms with E-state index in [2.05, 4.69) is 34.6 Å². The van der Waals surface area contributed by atoms with Gasteiger partial charge in [0.2, 0.25) is 5.91 Å². The van der Waals surface area contributed by atoms with Gasteiger partial charge in [-0.25, -0.2) is 4.98 Å². The summed E-state index contributed by atoms with van der Waals surface area (Å²) in [5.41, 5.74) is 2.88. The third-order valence-electron chi connectivity index (χ3n) is 4.75. The van der Waals surface area contributed by atoms with Crippen LogP contribution in [-0.4, -0.2) is 49.0 Å². The predicted molar refractivity (Wildman–Crippen MR) is 108 cm³/mol. The van der Waals surface area contributed by atoms with E-state index in [4.69, 9.17) is 9.15 Å². The second-order valence-electron chi connectivity index (χ2n) is 6.90. The van der Waals surface area contributed by atoms with Crippen LogP contribution in [0.3, 0.4) is 0 Å². The highest BCUT2D eigenvalue weighted by Crippen LogP contribution is 2.22. The first-order chi connectivity index (χ1) is 13.8. The number of amides is 1. The number of carbonyl (C=O) groups excluding carboxylic acids is 1. The van der Waals surface area contributed by atoms with Crippen molar-refractivity contribution in [1.82, 2.24) is 10.3 Å². The van der Waals surface area contributed by atoms with Crippen molar-refractivity contribution < 1.29 is 18.8 Å². The molecule has 3 aromatic rings. The summed E-state index contributed by atoms with van der Waals surface area (Å²) in [6.45, 7) is 4.13. The fourth-order valence-electron chi connectivity index (χ4n) is 3.35. The molecule has 146 valence electrons. The number of aromatic nitrogens is 1. The maximum absolute atomic E-state index is 12.2. The van der Waals surface area contributed by atoms with Crippen LogP contribution in [0.4, 0.5) is 0 Å². The molecular formula is C21H24N3O3S+. The molecule has 1 saturated heterocycles. The number of hydrogen-bond donors (Lipinski definition) is 2. The van der Waals surface area contributed by atoms with Crippen LogP contribution in [0, 0.1) is 0 Å². The Bertz CT molecular complexity index is 882. The summed E-state index contributed by atoms with van der Waals surface area (Å²) in [6, 6.07) is 18.1. The Morgan fingerprint density at radius 3 is 2.86 bits per heavy atom. The zero-order valence-corrected chi connectivity index (χ0v) is 16.4. The van der Waals surface area contributed by atoms with Gasteiger partial charge in [0.15, 0.2) is 5.58 Å². The van der Waals surface area contributed by atoms with Crippen LogP contribution in [0.2, 0.25) is 0 Å². The molecule has 2 aromatic carbocycles. The van der Waals surface area contributed by atoms with Gasteiger partial charge in [0.25, 0.3) is 5.22 Å². The minimum Gasteiger partial charge on any atom is -0.431 e. The standard InChI is InChI=1S/C21H23N3O3S/c25-20(15-28-21-23-18-8-4-5-9-19(18)27-21)22-12-17-14-24(10-11-26-17)13-16-6-2-1-3-7-16/h1-9,17H,10-15H2,(H,22,25)/p+1/t17-/m0/s1. The Labute approximate surface area is 168 Å². The van der Waals surface area contributed by atoms with Crippen molar-refractivity contribution in [2.24, 2.45) is 0 Å². The van der Waals surface area contributed by atoms with Crippen molar-refractivity contribution >= 4 is 28.8 Å². The molecule has 0 spiro atoms. The Hall–Kier alpha value is -2.35. The van der Waals surface area contributed by atoms with E-state index < -0.39 is 0 Å². The van der Waals surface area contributed by atoms with Crippen molar-refractivity contribution in [1.29, 1.82) is 0 Å². The molecule has 1 unspecified atom stereocenters. The lowest BCUT2D eigenvalue weighted by atomic mass is 10.2. The van der Waals surface area contributed by atoms with Gasteiger partial charge in [-0.2, -0.15) is 0 Å². The minimum atomic E-state index is -0.0361. The van der Waals surface area contributed by atoms with E-state index in [0.717, 1.165) is 37.3 Å². The van der Waals surface area contributed by atoms with Crippen LogP contribution in [-0.2, 0) is 16.1 Å². The number of fused-ring (bicyclic) bond motifs is 1. The highest BCUT2D eigenvalue weighted by atomic mass is 32.2. The third-order valence-corrected chi connectivity index (χ3v) is 5.58. The first-order valence-corrected chi connectivity index (χ1v) is 10.5. The van der Waals surface area contributed by atoms with E-state index in [-0.39, 0.29) is 17.8 Å². The van der Waals surface area contributed by atoms with E-state index in [1.54, 1.807) is 0 Å². The second kappa shape index (κ2) is 9.23. The lowest BCUT2D eigenvalue weighted by Crippen LogP contribution is -3.13. The first-order valence-electron chi connectivity index (χ1n) is 9.50. The molecule has 2 N–H and O–H groups in total. The third kappa shape index (κ3) is 5.13. The number of para-hydroxylation sites is 2. The van der Waals surface area contributed by atoms with Gasteiger partial charge in [-0.05, 0) is 12.1 Å². The molecule has 28 heavy (non-hydrogen) atoms. The fraction of sp³-hybridized carbons (Fsp3) is 0.333. The van der Waals surface area contributed by atoms with Crippen molar-refractivity contribution in [3.63, 3.8) is 0 Å². The summed E-state index contributed by atoms with van der Waals surface area (Å²) >= 11 is 1.31. The van der Waals surface area contributed by atoms with Gasteiger partial charge < -0.3 is 19.4 Å². The van der Waals surface area contributed by atoms with Crippen molar-refractivity contribution in [2.45, 2.75) is 17.9 Å². The average Bonchev–Trinajstić information content (AvgIpc) is 3.15. The number of nitrogens with zero attached hydrogens (tertiary/aromatic N) is 1. The number of benzene rings is 2. The Morgan fingerprint density at radius 2 is 2.00 bits per heavy atom. The van der Waals surface area contributed by atoms with Crippen molar-refractivity contribution in [2.75, 3.05) is 32.0 Å². The Morgan fingerprint density at radius 1 is 1.18 bits per heavy atom. The SMILES string of the molecule is O=C(CSc1nc2ccccc2o1)NC[C@H]1C[NH+](Cc2ccccc2)CCO1. The second-order valence-corrected chi connectivity index (χ2v) is 7.83. The lowest BCUT2D eigenvalue weighted by molar-refractivity contribution is -0.925. The van der Waals surface area contributed by atoms with E-state index in [0.29, 0.717) is 11.8 Å². The van der Waals surface area contributed by atoms with E-state index in [1.165, 1.54) is 22.2 Å². The number of carbonyl (C=O) groups is 1. The summed E-state index contributed by atoms with van der Waals surface area (Å²) < 4.78 is 11.5. The number of morpholine rings is 1. The highest BCUT2D eigenvalue weighted by molar-refractivity contribution is 7.99. The molecule has 0 bridgehead atoms. The van der Waals surface area contributed by atoms with Gasteiger partial charge in [0.05, 0.1) is 12.4 Å². The molecule has 1 aromatic heterocycles. The number of ether oxygens (including phenoxy) is 1. The molecule has 6 nitrogen and oxygen atoms in total.